The van der Waals surface area contributed by atoms with Crippen LogP contribution in [0, 0.1) is 6.92 Å². The number of benzene rings is 2. The van der Waals surface area contributed by atoms with Gasteiger partial charge in [0.25, 0.3) is 0 Å². The predicted molar refractivity (Wildman–Crippen MR) is 87.8 cm³/mol. The van der Waals surface area contributed by atoms with Crippen molar-refractivity contribution in [3.8, 4) is 0 Å². The second kappa shape index (κ2) is 5.72. The summed E-state index contributed by atoms with van der Waals surface area (Å²) in [6.45, 7) is 3.14. The highest BCUT2D eigenvalue weighted by Gasteiger charge is 2.20. The number of fused-ring (bicyclic) bond motifs is 1. The molecule has 4 nitrogen and oxygen atoms in total. The Balaban J connectivity index is 1.85. The van der Waals surface area contributed by atoms with Crippen LogP contribution in [-0.2, 0) is 13.0 Å². The van der Waals surface area contributed by atoms with E-state index in [1.165, 1.54) is 16.0 Å². The molecule has 2 aromatic carbocycles. The van der Waals surface area contributed by atoms with Crippen molar-refractivity contribution in [3.63, 3.8) is 0 Å². The van der Waals surface area contributed by atoms with Gasteiger partial charge < -0.3 is 14.9 Å². The summed E-state index contributed by atoms with van der Waals surface area (Å²) in [5.74, 6) is 0. The molecule has 22 heavy (non-hydrogen) atoms. The summed E-state index contributed by atoms with van der Waals surface area (Å²) in [7, 11) is 2.05. The lowest BCUT2D eigenvalue weighted by molar-refractivity contribution is 0.140. The van der Waals surface area contributed by atoms with Crippen LogP contribution in [0.2, 0.25) is 0 Å². The van der Waals surface area contributed by atoms with E-state index in [1.807, 2.05) is 6.07 Å². The van der Waals surface area contributed by atoms with E-state index >= 15 is 0 Å². The number of amides is 1. The molecule has 0 saturated heterocycles. The molecule has 0 radical (unpaired) electrons. The number of anilines is 2. The van der Waals surface area contributed by atoms with E-state index in [9.17, 15) is 4.79 Å². The van der Waals surface area contributed by atoms with Gasteiger partial charge in [0.05, 0.1) is 0 Å². The lowest BCUT2D eigenvalue weighted by Crippen LogP contribution is -2.34. The lowest BCUT2D eigenvalue weighted by atomic mass is 9.99. The molecular formula is C18H20N2O2. The third kappa shape index (κ3) is 2.77. The van der Waals surface area contributed by atoms with E-state index in [1.54, 1.807) is 0 Å². The first-order valence-electron chi connectivity index (χ1n) is 7.44. The third-order valence-corrected chi connectivity index (χ3v) is 4.28. The van der Waals surface area contributed by atoms with Gasteiger partial charge in [0.15, 0.2) is 0 Å². The van der Waals surface area contributed by atoms with E-state index in [4.69, 9.17) is 5.11 Å². The Labute approximate surface area is 130 Å². The molecule has 0 bridgehead atoms. The normalized spacial score (nSPS) is 13.6. The molecular weight excluding hydrogens is 276 g/mol. The minimum Gasteiger partial charge on any atom is -0.465 e. The second-order valence-electron chi connectivity index (χ2n) is 5.80. The highest BCUT2D eigenvalue weighted by molar-refractivity contribution is 5.67. The highest BCUT2D eigenvalue weighted by Crippen LogP contribution is 2.28. The van der Waals surface area contributed by atoms with E-state index < -0.39 is 6.09 Å². The quantitative estimate of drug-likeness (QED) is 0.916. The number of nitrogens with zero attached hydrogens (tertiary/aromatic N) is 2. The molecule has 1 N–H and O–H groups in total. The van der Waals surface area contributed by atoms with Crippen LogP contribution in [0.15, 0.2) is 42.5 Å². The van der Waals surface area contributed by atoms with Crippen molar-refractivity contribution in [1.29, 1.82) is 0 Å². The van der Waals surface area contributed by atoms with Gasteiger partial charge >= 0.3 is 6.09 Å². The Bertz CT molecular complexity index is 695. The first kappa shape index (κ1) is 14.4. The molecule has 0 spiro atoms. The molecule has 4 heteroatoms. The minimum atomic E-state index is -0.841. The topological polar surface area (TPSA) is 43.8 Å². The zero-order valence-corrected chi connectivity index (χ0v) is 12.9. The van der Waals surface area contributed by atoms with E-state index in [-0.39, 0.29) is 0 Å². The number of rotatable bonds is 2. The van der Waals surface area contributed by atoms with Crippen molar-refractivity contribution in [3.05, 3.63) is 59.2 Å². The summed E-state index contributed by atoms with van der Waals surface area (Å²) in [4.78, 5) is 14.7. The summed E-state index contributed by atoms with van der Waals surface area (Å²) < 4.78 is 0. The summed E-state index contributed by atoms with van der Waals surface area (Å²) in [6, 6.07) is 14.7. The summed E-state index contributed by atoms with van der Waals surface area (Å²) >= 11 is 0. The molecule has 114 valence electrons. The molecule has 0 atom stereocenters. The minimum absolute atomic E-state index is 0.485. The van der Waals surface area contributed by atoms with Crippen molar-refractivity contribution >= 4 is 17.5 Å². The number of carboxylic acid groups (broad SMARTS) is 1. The SMILES string of the molecule is Cc1ccc(N(C)c2ccc3c(c2)CCN(C(=O)O)C3)cc1. The largest absolute Gasteiger partial charge is 0.465 e. The molecule has 1 heterocycles. The highest BCUT2D eigenvalue weighted by atomic mass is 16.4. The second-order valence-corrected chi connectivity index (χ2v) is 5.80. The van der Waals surface area contributed by atoms with Crippen LogP contribution < -0.4 is 4.90 Å². The fraction of sp³-hybridized carbons (Fsp3) is 0.278. The van der Waals surface area contributed by atoms with E-state index in [0.717, 1.165) is 23.4 Å². The van der Waals surface area contributed by atoms with Crippen molar-refractivity contribution in [2.24, 2.45) is 0 Å². The van der Waals surface area contributed by atoms with Gasteiger partial charge in [-0.1, -0.05) is 23.8 Å². The summed E-state index contributed by atoms with van der Waals surface area (Å²) in [6.07, 6.45) is -0.0662. The van der Waals surface area contributed by atoms with Gasteiger partial charge in [0, 0.05) is 31.5 Å². The Morgan fingerprint density at radius 1 is 1.09 bits per heavy atom. The predicted octanol–water partition coefficient (Wildman–Crippen LogP) is 3.80. The monoisotopic (exact) mass is 296 g/mol. The van der Waals surface area contributed by atoms with E-state index in [0.29, 0.717) is 13.1 Å². The van der Waals surface area contributed by atoms with Crippen molar-refractivity contribution in [2.75, 3.05) is 18.5 Å². The first-order valence-corrected chi connectivity index (χ1v) is 7.44. The molecule has 2 aromatic rings. The Morgan fingerprint density at radius 2 is 1.77 bits per heavy atom. The van der Waals surface area contributed by atoms with E-state index in [2.05, 4.69) is 55.3 Å². The fourth-order valence-corrected chi connectivity index (χ4v) is 2.83. The zero-order valence-electron chi connectivity index (χ0n) is 12.9. The smallest absolute Gasteiger partial charge is 0.407 e. The molecule has 0 aromatic heterocycles. The van der Waals surface area contributed by atoms with Crippen LogP contribution in [0.4, 0.5) is 16.2 Å². The van der Waals surface area contributed by atoms with Crippen LogP contribution >= 0.6 is 0 Å². The van der Waals surface area contributed by atoms with Gasteiger partial charge in [0.2, 0.25) is 0 Å². The molecule has 3 rings (SSSR count). The van der Waals surface area contributed by atoms with Gasteiger partial charge in [-0.05, 0) is 48.7 Å². The van der Waals surface area contributed by atoms with Gasteiger partial charge in [0.1, 0.15) is 0 Å². The number of hydrogen-bond donors (Lipinski definition) is 1. The summed E-state index contributed by atoms with van der Waals surface area (Å²) in [5.41, 5.74) is 5.87. The Morgan fingerprint density at radius 3 is 2.45 bits per heavy atom. The maximum Gasteiger partial charge on any atom is 0.407 e. The van der Waals surface area contributed by atoms with Gasteiger partial charge in [-0.2, -0.15) is 0 Å². The molecule has 0 unspecified atom stereocenters. The number of aryl methyl sites for hydroxylation is 1. The van der Waals surface area contributed by atoms with Gasteiger partial charge in [-0.15, -0.1) is 0 Å². The third-order valence-electron chi connectivity index (χ3n) is 4.28. The lowest BCUT2D eigenvalue weighted by Gasteiger charge is -2.28. The number of hydrogen-bond acceptors (Lipinski definition) is 2. The Hall–Kier alpha value is -2.49. The van der Waals surface area contributed by atoms with Crippen LogP contribution in [-0.4, -0.2) is 29.7 Å². The zero-order chi connectivity index (χ0) is 15.7. The number of carbonyl (C=O) groups is 1. The molecule has 1 aliphatic heterocycles. The van der Waals surface area contributed by atoms with Crippen molar-refractivity contribution in [1.82, 2.24) is 4.90 Å². The average Bonchev–Trinajstić information content (AvgIpc) is 2.54. The van der Waals surface area contributed by atoms with Gasteiger partial charge in [-0.3, -0.25) is 0 Å². The molecule has 1 aliphatic rings. The summed E-state index contributed by atoms with van der Waals surface area (Å²) in [5, 5.41) is 9.10. The molecule has 0 fully saturated rings. The fourth-order valence-electron chi connectivity index (χ4n) is 2.83. The van der Waals surface area contributed by atoms with Crippen molar-refractivity contribution < 1.29 is 9.90 Å². The average molecular weight is 296 g/mol. The van der Waals surface area contributed by atoms with Crippen LogP contribution in [0.5, 0.6) is 0 Å². The van der Waals surface area contributed by atoms with Crippen LogP contribution in [0.3, 0.4) is 0 Å². The van der Waals surface area contributed by atoms with Gasteiger partial charge in [-0.25, -0.2) is 4.79 Å². The molecule has 0 aliphatic carbocycles. The molecule has 0 saturated carbocycles. The first-order chi connectivity index (χ1) is 10.5. The van der Waals surface area contributed by atoms with Crippen LogP contribution in [0.25, 0.3) is 0 Å². The molecule has 1 amide bonds. The van der Waals surface area contributed by atoms with Crippen LogP contribution in [0.1, 0.15) is 16.7 Å². The Kier molecular flexibility index (Phi) is 3.75. The van der Waals surface area contributed by atoms with Crippen molar-refractivity contribution in [2.45, 2.75) is 19.9 Å². The maximum absolute atomic E-state index is 11.1. The standard InChI is InChI=1S/C18H20N2O2/c1-13-3-6-16(7-4-13)19(2)17-8-5-15-12-20(18(21)22)10-9-14(15)11-17/h3-8,11H,9-10,12H2,1-2H3,(H,21,22). The maximum atomic E-state index is 11.1.